The van der Waals surface area contributed by atoms with Crippen LogP contribution in [0.15, 0.2) is 42.1 Å². The number of aliphatic hydroxyl groups excluding tert-OH is 1. The highest BCUT2D eigenvalue weighted by molar-refractivity contribution is 5.94. The number of carbonyl (C=O) groups excluding carboxylic acids is 2. The zero-order valence-electron chi connectivity index (χ0n) is 24.3. The maximum Gasteiger partial charge on any atom is 0.322 e. The summed E-state index contributed by atoms with van der Waals surface area (Å²) >= 11 is 0. The summed E-state index contributed by atoms with van der Waals surface area (Å²) in [7, 11) is 1.85. The first-order valence-corrected chi connectivity index (χ1v) is 15.1. The van der Waals surface area contributed by atoms with Crippen molar-refractivity contribution in [1.82, 2.24) is 19.5 Å². The number of aromatic nitrogens is 4. The molecule has 2 heterocycles. The van der Waals surface area contributed by atoms with Gasteiger partial charge in [-0.2, -0.15) is 14.4 Å². The third-order valence-corrected chi connectivity index (χ3v) is 11.3. The highest BCUT2D eigenvalue weighted by Gasteiger charge is 2.62. The molecule has 0 bridgehead atoms. The molecule has 3 aromatic rings. The van der Waals surface area contributed by atoms with Crippen LogP contribution in [0.5, 0.6) is 6.01 Å². The summed E-state index contributed by atoms with van der Waals surface area (Å²) in [5, 5.41) is 13.5. The molecule has 0 aliphatic heterocycles. The van der Waals surface area contributed by atoms with Crippen LogP contribution in [0.1, 0.15) is 58.8 Å². The summed E-state index contributed by atoms with van der Waals surface area (Å²) in [4.78, 5) is 37.9. The summed E-state index contributed by atoms with van der Waals surface area (Å²) in [5.74, 6) is 0.753. The van der Waals surface area contributed by atoms with Crippen LogP contribution in [0, 0.1) is 40.6 Å². The number of allylic oxidation sites excluding steroid dienone is 1. The predicted molar refractivity (Wildman–Crippen MR) is 154 cm³/mol. The van der Waals surface area contributed by atoms with Crippen LogP contribution in [-0.4, -0.2) is 48.9 Å². The molecule has 0 radical (unpaired) electrons. The van der Waals surface area contributed by atoms with Crippen molar-refractivity contribution in [2.75, 3.05) is 6.61 Å². The maximum absolute atomic E-state index is 14.5. The van der Waals surface area contributed by atoms with E-state index in [0.717, 1.165) is 42.9 Å². The number of ketones is 2. The van der Waals surface area contributed by atoms with Crippen LogP contribution in [0.25, 0.3) is 22.3 Å². The topological polar surface area (TPSA) is 107 Å². The number of ether oxygens (including phenoxy) is 1. The smallest absolute Gasteiger partial charge is 0.322 e. The van der Waals surface area contributed by atoms with Gasteiger partial charge in [0.25, 0.3) is 0 Å². The molecule has 0 amide bonds. The van der Waals surface area contributed by atoms with Crippen LogP contribution in [-0.2, 0) is 16.6 Å². The average Bonchev–Trinajstić information content (AvgIpc) is 3.47. The predicted octanol–water partition coefficient (Wildman–Crippen LogP) is 5.24. The van der Waals surface area contributed by atoms with E-state index >= 15 is 0 Å². The number of hydrogen-bond acceptors (Lipinski definition) is 7. The Morgan fingerprint density at radius 2 is 1.95 bits per heavy atom. The number of Topliss-reactive ketones (excluding diaryl/α,β-unsaturated/α-hetero) is 1. The number of rotatable bonds is 5. The molecule has 7 atom stereocenters. The van der Waals surface area contributed by atoms with E-state index < -0.39 is 12.2 Å². The Bertz CT molecular complexity index is 1630. The number of halogens is 1. The molecule has 8 nitrogen and oxygen atoms in total. The second-order valence-corrected chi connectivity index (χ2v) is 13.4. The molecule has 7 rings (SSSR count). The van der Waals surface area contributed by atoms with Gasteiger partial charge in [0, 0.05) is 36.4 Å². The van der Waals surface area contributed by atoms with Crippen molar-refractivity contribution < 1.29 is 23.8 Å². The Labute approximate surface area is 244 Å². The van der Waals surface area contributed by atoms with Gasteiger partial charge < -0.3 is 14.4 Å². The summed E-state index contributed by atoms with van der Waals surface area (Å²) < 4.78 is 22.1. The number of aryl methyl sites for hydroxylation is 1. The average molecular weight is 573 g/mol. The standard InChI is InChI=1S/C33H37FN4O4/c1-32-13-12-20(39)14-19(32)8-9-22-23-10-11-24(33(23,2)15-25(40)27(22)32)26(41)17-42-31-36-29(35-30(34)37-31)28-21-7-5-4-6-18(21)16-38(28)3/h4-7,14,16,22-25,27,40H,8-13,15,17H2,1-3H3/t22-,23-,24+,25?,27+,32-,33-/m0/s1. The first-order chi connectivity index (χ1) is 20.1. The summed E-state index contributed by atoms with van der Waals surface area (Å²) in [6, 6.07) is 7.50. The van der Waals surface area contributed by atoms with Gasteiger partial charge in [0.15, 0.2) is 24.0 Å². The van der Waals surface area contributed by atoms with Gasteiger partial charge in [-0.1, -0.05) is 43.7 Å². The fourth-order valence-corrected chi connectivity index (χ4v) is 9.52. The lowest BCUT2D eigenvalue weighted by Gasteiger charge is -2.59. The van der Waals surface area contributed by atoms with Gasteiger partial charge in [-0.25, -0.2) is 0 Å². The minimum atomic E-state index is -0.967. The van der Waals surface area contributed by atoms with Crippen LogP contribution < -0.4 is 4.74 Å². The molecule has 0 saturated heterocycles. The Morgan fingerprint density at radius 3 is 2.79 bits per heavy atom. The SMILES string of the molecule is Cn1cc2ccccc2c1-c1nc(F)nc(OCC(=O)[C@H]2CC[C@H]3[C@@H]4CCC5=CC(=O)CC[C@]5(C)[C@H]4C(O)C[C@]23C)n1. The molecule has 42 heavy (non-hydrogen) atoms. The number of benzene rings is 1. The summed E-state index contributed by atoms with van der Waals surface area (Å²) in [6.07, 6.45) is 7.64. The first-order valence-electron chi connectivity index (χ1n) is 15.1. The van der Waals surface area contributed by atoms with Crippen molar-refractivity contribution >= 4 is 22.3 Å². The second kappa shape index (κ2) is 9.79. The van der Waals surface area contributed by atoms with Gasteiger partial charge in [-0.05, 0) is 73.2 Å². The third-order valence-electron chi connectivity index (χ3n) is 11.3. The van der Waals surface area contributed by atoms with Gasteiger partial charge in [0.1, 0.15) is 0 Å². The number of carbonyl (C=O) groups is 2. The quantitative estimate of drug-likeness (QED) is 0.446. The number of nitrogens with zero attached hydrogens (tertiary/aromatic N) is 4. The van der Waals surface area contributed by atoms with Crippen molar-refractivity contribution in [2.24, 2.45) is 41.5 Å². The minimum Gasteiger partial charge on any atom is -0.455 e. The lowest BCUT2D eigenvalue weighted by Crippen LogP contribution is -2.57. The minimum absolute atomic E-state index is 0.0665. The molecule has 0 spiro atoms. The van der Waals surface area contributed by atoms with E-state index in [1.54, 1.807) is 0 Å². The molecule has 4 aliphatic rings. The lowest BCUT2D eigenvalue weighted by atomic mass is 9.46. The van der Waals surface area contributed by atoms with Crippen LogP contribution in [0.2, 0.25) is 0 Å². The molecule has 4 aliphatic carbocycles. The number of aliphatic hydroxyl groups is 1. The molecule has 1 unspecified atom stereocenters. The van der Waals surface area contributed by atoms with E-state index in [2.05, 4.69) is 28.8 Å². The normalized spacial score (nSPS) is 34.0. The molecule has 1 aromatic carbocycles. The Kier molecular flexibility index (Phi) is 6.38. The molecular formula is C33H37FN4O4. The zero-order chi connectivity index (χ0) is 29.4. The zero-order valence-corrected chi connectivity index (χ0v) is 24.3. The fraction of sp³-hybridized carbons (Fsp3) is 0.545. The van der Waals surface area contributed by atoms with Gasteiger partial charge in [-0.15, -0.1) is 4.98 Å². The molecule has 3 fully saturated rings. The van der Waals surface area contributed by atoms with E-state index in [1.165, 1.54) is 5.57 Å². The number of fused-ring (bicyclic) bond motifs is 6. The van der Waals surface area contributed by atoms with E-state index in [0.29, 0.717) is 30.4 Å². The van der Waals surface area contributed by atoms with Crippen molar-refractivity contribution in [3.8, 4) is 17.5 Å². The molecule has 3 saturated carbocycles. The summed E-state index contributed by atoms with van der Waals surface area (Å²) in [5.41, 5.74) is 1.34. The first kappa shape index (κ1) is 27.4. The Balaban J connectivity index is 1.10. The van der Waals surface area contributed by atoms with E-state index in [9.17, 15) is 19.1 Å². The molecule has 9 heteroatoms. The van der Waals surface area contributed by atoms with E-state index in [1.807, 2.05) is 48.2 Å². The maximum atomic E-state index is 14.5. The van der Waals surface area contributed by atoms with E-state index in [4.69, 9.17) is 4.74 Å². The van der Waals surface area contributed by atoms with Crippen molar-refractivity contribution in [3.63, 3.8) is 0 Å². The van der Waals surface area contributed by atoms with Crippen molar-refractivity contribution in [1.29, 1.82) is 0 Å². The second-order valence-electron chi connectivity index (χ2n) is 13.4. The third kappa shape index (κ3) is 4.14. The molecule has 2 aromatic heterocycles. The van der Waals surface area contributed by atoms with Gasteiger partial charge in [-0.3, -0.25) is 9.59 Å². The van der Waals surface area contributed by atoms with Crippen LogP contribution >= 0.6 is 0 Å². The van der Waals surface area contributed by atoms with Crippen LogP contribution in [0.4, 0.5) is 4.39 Å². The van der Waals surface area contributed by atoms with Gasteiger partial charge >= 0.3 is 12.1 Å². The van der Waals surface area contributed by atoms with Crippen molar-refractivity contribution in [3.05, 3.63) is 48.2 Å². The highest BCUT2D eigenvalue weighted by atomic mass is 19.1. The largest absolute Gasteiger partial charge is 0.455 e. The lowest BCUT2D eigenvalue weighted by molar-refractivity contribution is -0.146. The monoisotopic (exact) mass is 572 g/mol. The summed E-state index contributed by atoms with van der Waals surface area (Å²) in [6.45, 7) is 4.13. The molecule has 1 N–H and O–H groups in total. The van der Waals surface area contributed by atoms with Gasteiger partial charge in [0.2, 0.25) is 0 Å². The Hall–Kier alpha value is -3.46. The van der Waals surface area contributed by atoms with Crippen molar-refractivity contribution in [2.45, 2.75) is 64.9 Å². The Morgan fingerprint density at radius 1 is 1.14 bits per heavy atom. The van der Waals surface area contributed by atoms with E-state index in [-0.39, 0.29) is 52.7 Å². The fourth-order valence-electron chi connectivity index (χ4n) is 9.52. The van der Waals surface area contributed by atoms with Crippen LogP contribution in [0.3, 0.4) is 0 Å². The highest BCUT2D eigenvalue weighted by Crippen LogP contribution is 2.66. The molecule has 220 valence electrons. The molecular weight excluding hydrogens is 535 g/mol. The van der Waals surface area contributed by atoms with Gasteiger partial charge in [0.05, 0.1) is 11.8 Å². The number of hydrogen-bond donors (Lipinski definition) is 1.